The Morgan fingerprint density at radius 3 is 2.73 bits per heavy atom. The van der Waals surface area contributed by atoms with Gasteiger partial charge in [-0.3, -0.25) is 0 Å². The first-order valence-electron chi connectivity index (χ1n) is 5.69. The summed E-state index contributed by atoms with van der Waals surface area (Å²) in [7, 11) is 0. The number of hydrogen-bond donors (Lipinski definition) is 1. The molecule has 0 amide bonds. The van der Waals surface area contributed by atoms with Gasteiger partial charge in [-0.1, -0.05) is 0 Å². The van der Waals surface area contributed by atoms with E-state index in [1.54, 1.807) is 0 Å². The standard InChI is InChI=1S/C11H15N3O/c15-11-12-9(8-3-4-8)7-10(13-11)14-5-1-2-6-14/h7-8H,1-6H2,(H,12,13,15). The first-order chi connectivity index (χ1) is 7.33. The first kappa shape index (κ1) is 8.95. The van der Waals surface area contributed by atoms with Crippen molar-refractivity contribution in [2.75, 3.05) is 18.0 Å². The molecule has 4 heteroatoms. The van der Waals surface area contributed by atoms with E-state index >= 15 is 0 Å². The maximum absolute atomic E-state index is 11.4. The molecule has 1 saturated heterocycles. The molecular formula is C11H15N3O. The fraction of sp³-hybridized carbons (Fsp3) is 0.636. The lowest BCUT2D eigenvalue weighted by Gasteiger charge is -2.16. The van der Waals surface area contributed by atoms with Gasteiger partial charge in [0.25, 0.3) is 0 Å². The predicted octanol–water partition coefficient (Wildman–Crippen LogP) is 1.25. The molecule has 80 valence electrons. The second-order valence-electron chi connectivity index (χ2n) is 4.47. The zero-order valence-corrected chi connectivity index (χ0v) is 8.70. The monoisotopic (exact) mass is 205 g/mol. The molecule has 0 unspecified atom stereocenters. The number of anilines is 1. The molecule has 1 aromatic rings. The van der Waals surface area contributed by atoms with E-state index in [0.29, 0.717) is 5.92 Å². The fourth-order valence-corrected chi connectivity index (χ4v) is 2.19. The van der Waals surface area contributed by atoms with Crippen molar-refractivity contribution < 1.29 is 0 Å². The Labute approximate surface area is 88.3 Å². The largest absolute Gasteiger partial charge is 0.356 e. The van der Waals surface area contributed by atoms with Crippen LogP contribution in [0.4, 0.5) is 5.82 Å². The summed E-state index contributed by atoms with van der Waals surface area (Å²) in [5.74, 6) is 1.46. The van der Waals surface area contributed by atoms with E-state index < -0.39 is 0 Å². The Kier molecular flexibility index (Phi) is 2.01. The highest BCUT2D eigenvalue weighted by Crippen LogP contribution is 2.39. The summed E-state index contributed by atoms with van der Waals surface area (Å²) in [4.78, 5) is 20.5. The molecule has 0 spiro atoms. The van der Waals surface area contributed by atoms with E-state index in [1.165, 1.54) is 25.7 Å². The number of rotatable bonds is 2. The van der Waals surface area contributed by atoms with Gasteiger partial charge in [0.05, 0.1) is 0 Å². The third-order valence-corrected chi connectivity index (χ3v) is 3.20. The zero-order valence-electron chi connectivity index (χ0n) is 8.70. The number of H-pyrrole nitrogens is 1. The number of aromatic nitrogens is 2. The van der Waals surface area contributed by atoms with Crippen molar-refractivity contribution in [1.82, 2.24) is 9.97 Å². The smallest absolute Gasteiger partial charge is 0.347 e. The fourth-order valence-electron chi connectivity index (χ4n) is 2.19. The molecular weight excluding hydrogens is 190 g/mol. The van der Waals surface area contributed by atoms with Crippen molar-refractivity contribution in [3.05, 3.63) is 22.2 Å². The number of nitrogens with one attached hydrogen (secondary N) is 1. The van der Waals surface area contributed by atoms with Gasteiger partial charge < -0.3 is 9.88 Å². The Bertz CT molecular complexity index is 416. The number of nitrogens with zero attached hydrogens (tertiary/aromatic N) is 2. The molecule has 1 aromatic heterocycles. The van der Waals surface area contributed by atoms with Gasteiger partial charge in [0, 0.05) is 24.8 Å². The van der Waals surface area contributed by atoms with Crippen LogP contribution in [0.1, 0.15) is 37.3 Å². The van der Waals surface area contributed by atoms with E-state index in [2.05, 4.69) is 20.9 Å². The van der Waals surface area contributed by atoms with Gasteiger partial charge in [-0.15, -0.1) is 0 Å². The summed E-state index contributed by atoms with van der Waals surface area (Å²) in [6, 6.07) is 2.06. The van der Waals surface area contributed by atoms with Crippen LogP contribution >= 0.6 is 0 Å². The Morgan fingerprint density at radius 1 is 1.33 bits per heavy atom. The molecule has 0 aromatic carbocycles. The highest BCUT2D eigenvalue weighted by atomic mass is 16.1. The van der Waals surface area contributed by atoms with Crippen LogP contribution in [0.15, 0.2) is 10.9 Å². The van der Waals surface area contributed by atoms with Gasteiger partial charge in [-0.05, 0) is 31.6 Å². The third-order valence-electron chi connectivity index (χ3n) is 3.20. The van der Waals surface area contributed by atoms with E-state index in [1.807, 2.05) is 0 Å². The van der Waals surface area contributed by atoms with Crippen LogP contribution in [0.25, 0.3) is 0 Å². The van der Waals surface area contributed by atoms with E-state index in [4.69, 9.17) is 0 Å². The lowest BCUT2D eigenvalue weighted by Crippen LogP contribution is -2.24. The lowest BCUT2D eigenvalue weighted by atomic mass is 10.3. The van der Waals surface area contributed by atoms with E-state index in [9.17, 15) is 4.79 Å². The molecule has 0 atom stereocenters. The zero-order chi connectivity index (χ0) is 10.3. The number of hydrogen-bond acceptors (Lipinski definition) is 3. The van der Waals surface area contributed by atoms with Crippen LogP contribution in [0, 0.1) is 0 Å². The van der Waals surface area contributed by atoms with Crippen LogP contribution in [0.2, 0.25) is 0 Å². The van der Waals surface area contributed by atoms with Gasteiger partial charge in [0.1, 0.15) is 5.82 Å². The van der Waals surface area contributed by atoms with Crippen molar-refractivity contribution >= 4 is 5.82 Å². The van der Waals surface area contributed by atoms with Crippen molar-refractivity contribution in [1.29, 1.82) is 0 Å². The molecule has 3 rings (SSSR count). The van der Waals surface area contributed by atoms with Crippen LogP contribution in [0.5, 0.6) is 0 Å². The van der Waals surface area contributed by atoms with Crippen molar-refractivity contribution in [2.45, 2.75) is 31.6 Å². The highest BCUT2D eigenvalue weighted by molar-refractivity contribution is 5.41. The maximum atomic E-state index is 11.4. The molecule has 0 radical (unpaired) electrons. The molecule has 2 aliphatic rings. The minimum atomic E-state index is -0.193. The quantitative estimate of drug-likeness (QED) is 0.790. The Balaban J connectivity index is 1.95. The van der Waals surface area contributed by atoms with Crippen molar-refractivity contribution in [2.24, 2.45) is 0 Å². The van der Waals surface area contributed by atoms with Gasteiger partial charge in [-0.25, -0.2) is 4.79 Å². The molecule has 15 heavy (non-hydrogen) atoms. The van der Waals surface area contributed by atoms with Gasteiger partial charge in [0.2, 0.25) is 0 Å². The number of aromatic amines is 1. The lowest BCUT2D eigenvalue weighted by molar-refractivity contribution is 0.881. The van der Waals surface area contributed by atoms with Gasteiger partial charge in [-0.2, -0.15) is 4.98 Å². The second kappa shape index (κ2) is 3.36. The summed E-state index contributed by atoms with van der Waals surface area (Å²) in [5.41, 5.74) is 0.887. The Morgan fingerprint density at radius 2 is 2.07 bits per heavy atom. The van der Waals surface area contributed by atoms with Crippen LogP contribution in [-0.4, -0.2) is 23.1 Å². The topological polar surface area (TPSA) is 49.0 Å². The first-order valence-corrected chi connectivity index (χ1v) is 5.69. The van der Waals surface area contributed by atoms with Crippen molar-refractivity contribution in [3.8, 4) is 0 Å². The average Bonchev–Trinajstić information content (AvgIpc) is 2.93. The predicted molar refractivity (Wildman–Crippen MR) is 58.3 cm³/mol. The summed E-state index contributed by atoms with van der Waals surface area (Å²) in [5, 5.41) is 0. The van der Waals surface area contributed by atoms with Crippen molar-refractivity contribution in [3.63, 3.8) is 0 Å². The minimum Gasteiger partial charge on any atom is -0.356 e. The van der Waals surface area contributed by atoms with E-state index in [-0.39, 0.29) is 5.69 Å². The summed E-state index contributed by atoms with van der Waals surface area (Å²) < 4.78 is 0. The van der Waals surface area contributed by atoms with Gasteiger partial charge >= 0.3 is 5.69 Å². The van der Waals surface area contributed by atoms with Crippen LogP contribution < -0.4 is 10.6 Å². The Hall–Kier alpha value is -1.32. The molecule has 2 heterocycles. The summed E-state index contributed by atoms with van der Waals surface area (Å²) in [6.45, 7) is 2.08. The van der Waals surface area contributed by atoms with Gasteiger partial charge in [0.15, 0.2) is 0 Å². The summed E-state index contributed by atoms with van der Waals surface area (Å²) in [6.07, 6.45) is 4.85. The highest BCUT2D eigenvalue weighted by Gasteiger charge is 2.26. The average molecular weight is 205 g/mol. The second-order valence-corrected chi connectivity index (χ2v) is 4.47. The molecule has 4 nitrogen and oxygen atoms in total. The van der Waals surface area contributed by atoms with E-state index in [0.717, 1.165) is 24.6 Å². The summed E-state index contributed by atoms with van der Waals surface area (Å²) >= 11 is 0. The maximum Gasteiger partial charge on any atom is 0.347 e. The van der Waals surface area contributed by atoms with Crippen LogP contribution in [-0.2, 0) is 0 Å². The molecule has 1 aliphatic carbocycles. The molecule has 1 N–H and O–H groups in total. The van der Waals surface area contributed by atoms with Crippen LogP contribution in [0.3, 0.4) is 0 Å². The molecule has 2 fully saturated rings. The SMILES string of the molecule is O=c1nc(N2CCCC2)cc(C2CC2)[nH]1. The molecule has 0 bridgehead atoms. The normalized spacial score (nSPS) is 20.9. The molecule has 1 saturated carbocycles. The molecule has 1 aliphatic heterocycles. The minimum absolute atomic E-state index is 0.193. The third kappa shape index (κ3) is 1.76.